The Bertz CT molecular complexity index is 1050. The minimum atomic E-state index is -0.927. The zero-order valence-electron chi connectivity index (χ0n) is 19.9. The molecule has 0 bridgehead atoms. The first-order chi connectivity index (χ1) is 16.7. The van der Waals surface area contributed by atoms with Gasteiger partial charge in [0.15, 0.2) is 5.76 Å². The van der Waals surface area contributed by atoms with Crippen molar-refractivity contribution in [3.05, 3.63) is 48.4 Å². The number of amides is 5. The maximum absolute atomic E-state index is 13.1. The van der Waals surface area contributed by atoms with E-state index in [2.05, 4.69) is 16.0 Å². The molecule has 1 aliphatic heterocycles. The van der Waals surface area contributed by atoms with Gasteiger partial charge in [0.25, 0.3) is 5.91 Å². The molecule has 1 saturated heterocycles. The van der Waals surface area contributed by atoms with Crippen LogP contribution in [0.2, 0.25) is 0 Å². The van der Waals surface area contributed by atoms with E-state index in [-0.39, 0.29) is 24.6 Å². The van der Waals surface area contributed by atoms with Gasteiger partial charge in [-0.3, -0.25) is 14.4 Å². The van der Waals surface area contributed by atoms with Crippen LogP contribution in [0.15, 0.2) is 47.1 Å². The SMILES string of the molecule is COc1cccc(NC(=O)NC2CC(C(=O)NC(CC(C)C)C(N)=O)N(C(=O)c3ccco3)C2)c1. The van der Waals surface area contributed by atoms with Gasteiger partial charge >= 0.3 is 6.03 Å². The number of methoxy groups -OCH3 is 1. The number of furan rings is 1. The molecular weight excluding hydrogens is 454 g/mol. The number of carbonyl (C=O) groups is 4. The molecule has 5 N–H and O–H groups in total. The molecule has 3 atom stereocenters. The average Bonchev–Trinajstić information content (AvgIpc) is 3.48. The van der Waals surface area contributed by atoms with Gasteiger partial charge in [0.2, 0.25) is 11.8 Å². The fourth-order valence-corrected chi connectivity index (χ4v) is 3.99. The molecule has 11 nitrogen and oxygen atoms in total. The van der Waals surface area contributed by atoms with E-state index in [1.807, 2.05) is 13.8 Å². The van der Waals surface area contributed by atoms with Gasteiger partial charge in [-0.15, -0.1) is 0 Å². The van der Waals surface area contributed by atoms with Crippen LogP contribution in [-0.4, -0.2) is 60.4 Å². The van der Waals surface area contributed by atoms with Crippen LogP contribution in [0.25, 0.3) is 0 Å². The van der Waals surface area contributed by atoms with Crippen LogP contribution in [0.3, 0.4) is 0 Å². The highest BCUT2D eigenvalue weighted by Crippen LogP contribution is 2.23. The first-order valence-corrected chi connectivity index (χ1v) is 11.3. The number of primary amides is 1. The Morgan fingerprint density at radius 3 is 2.60 bits per heavy atom. The van der Waals surface area contributed by atoms with E-state index in [0.717, 1.165) is 0 Å². The number of nitrogens with one attached hydrogen (secondary N) is 3. The Morgan fingerprint density at radius 1 is 1.20 bits per heavy atom. The number of urea groups is 1. The number of likely N-dealkylation sites (tertiary alicyclic amines) is 1. The van der Waals surface area contributed by atoms with Gasteiger partial charge in [-0.2, -0.15) is 0 Å². The van der Waals surface area contributed by atoms with Crippen LogP contribution in [0.1, 0.15) is 37.2 Å². The lowest BCUT2D eigenvalue weighted by atomic mass is 10.0. The van der Waals surface area contributed by atoms with Crippen LogP contribution >= 0.6 is 0 Å². The van der Waals surface area contributed by atoms with Gasteiger partial charge in [-0.25, -0.2) is 4.79 Å². The number of hydrogen-bond donors (Lipinski definition) is 4. The molecule has 0 aliphatic carbocycles. The number of benzene rings is 1. The van der Waals surface area contributed by atoms with Gasteiger partial charge in [0.05, 0.1) is 19.4 Å². The summed E-state index contributed by atoms with van der Waals surface area (Å²) >= 11 is 0. The van der Waals surface area contributed by atoms with Crippen molar-refractivity contribution in [1.82, 2.24) is 15.5 Å². The lowest BCUT2D eigenvalue weighted by molar-refractivity contribution is -0.130. The molecule has 11 heteroatoms. The number of nitrogens with zero attached hydrogens (tertiary/aromatic N) is 1. The molecule has 2 heterocycles. The standard InChI is InChI=1S/C24H31N5O6/c1-14(2)10-18(21(25)30)28-22(31)19-12-16(13-29(19)23(32)20-8-5-9-35-20)27-24(33)26-15-6-4-7-17(11-15)34-3/h4-9,11,14,16,18-19H,10,12-13H2,1-3H3,(H2,25,30)(H,28,31)(H2,26,27,33). The molecular formula is C24H31N5O6. The Labute approximate surface area is 203 Å². The Balaban J connectivity index is 1.72. The highest BCUT2D eigenvalue weighted by Gasteiger charge is 2.42. The van der Waals surface area contributed by atoms with Crippen molar-refractivity contribution in [2.24, 2.45) is 11.7 Å². The van der Waals surface area contributed by atoms with E-state index in [0.29, 0.717) is 17.9 Å². The summed E-state index contributed by atoms with van der Waals surface area (Å²) in [6, 6.07) is 7.11. The third-order valence-corrected chi connectivity index (χ3v) is 5.63. The number of ether oxygens (including phenoxy) is 1. The Hall–Kier alpha value is -4.02. The predicted octanol–water partition coefficient (Wildman–Crippen LogP) is 1.71. The number of carbonyl (C=O) groups excluding carboxylic acids is 4. The van der Waals surface area contributed by atoms with Crippen LogP contribution in [0, 0.1) is 5.92 Å². The van der Waals surface area contributed by atoms with Crippen molar-refractivity contribution in [3.8, 4) is 5.75 Å². The second kappa shape index (κ2) is 11.4. The van der Waals surface area contributed by atoms with Gasteiger partial charge in [0.1, 0.15) is 17.8 Å². The van der Waals surface area contributed by atoms with Crippen LogP contribution in [0.5, 0.6) is 5.75 Å². The van der Waals surface area contributed by atoms with E-state index in [1.54, 1.807) is 30.3 Å². The third kappa shape index (κ3) is 6.75. The molecule has 0 saturated carbocycles. The lowest BCUT2D eigenvalue weighted by Crippen LogP contribution is -2.52. The van der Waals surface area contributed by atoms with E-state index in [4.69, 9.17) is 14.9 Å². The van der Waals surface area contributed by atoms with Crippen LogP contribution in [0.4, 0.5) is 10.5 Å². The summed E-state index contributed by atoms with van der Waals surface area (Å²) in [5, 5.41) is 8.18. The zero-order chi connectivity index (χ0) is 25.5. The molecule has 5 amide bonds. The fourth-order valence-electron chi connectivity index (χ4n) is 3.99. The Morgan fingerprint density at radius 2 is 1.97 bits per heavy atom. The largest absolute Gasteiger partial charge is 0.497 e. The molecule has 0 spiro atoms. The predicted molar refractivity (Wildman–Crippen MR) is 128 cm³/mol. The molecule has 1 aromatic carbocycles. The molecule has 3 rings (SSSR count). The van der Waals surface area contributed by atoms with Crippen molar-refractivity contribution in [1.29, 1.82) is 0 Å². The molecule has 188 valence electrons. The Kier molecular flexibility index (Phi) is 8.34. The van der Waals surface area contributed by atoms with Crippen molar-refractivity contribution in [2.45, 2.75) is 44.8 Å². The van der Waals surface area contributed by atoms with Crippen molar-refractivity contribution >= 4 is 29.4 Å². The summed E-state index contributed by atoms with van der Waals surface area (Å²) in [6.45, 7) is 3.89. The van der Waals surface area contributed by atoms with Gasteiger partial charge in [0, 0.05) is 18.3 Å². The van der Waals surface area contributed by atoms with Gasteiger partial charge < -0.3 is 35.7 Å². The molecule has 35 heavy (non-hydrogen) atoms. The number of rotatable bonds is 9. The fraction of sp³-hybridized carbons (Fsp3) is 0.417. The van der Waals surface area contributed by atoms with E-state index in [1.165, 1.54) is 24.3 Å². The number of hydrogen-bond acceptors (Lipinski definition) is 6. The summed E-state index contributed by atoms with van der Waals surface area (Å²) in [5.41, 5.74) is 5.99. The van der Waals surface area contributed by atoms with E-state index in [9.17, 15) is 19.2 Å². The molecule has 3 unspecified atom stereocenters. The lowest BCUT2D eigenvalue weighted by Gasteiger charge is -2.25. The monoisotopic (exact) mass is 485 g/mol. The maximum Gasteiger partial charge on any atom is 0.319 e. The van der Waals surface area contributed by atoms with Crippen molar-refractivity contribution < 1.29 is 28.3 Å². The zero-order valence-corrected chi connectivity index (χ0v) is 19.9. The highest BCUT2D eigenvalue weighted by atomic mass is 16.5. The summed E-state index contributed by atoms with van der Waals surface area (Å²) in [4.78, 5) is 51.9. The molecule has 1 aliphatic rings. The van der Waals surface area contributed by atoms with Crippen molar-refractivity contribution in [3.63, 3.8) is 0 Å². The van der Waals surface area contributed by atoms with Gasteiger partial charge in [-0.05, 0) is 43.0 Å². The summed E-state index contributed by atoms with van der Waals surface area (Å²) in [6.07, 6.45) is 1.88. The second-order valence-electron chi connectivity index (χ2n) is 8.81. The van der Waals surface area contributed by atoms with Crippen LogP contribution < -0.4 is 26.4 Å². The topological polar surface area (TPSA) is 156 Å². The van der Waals surface area contributed by atoms with Crippen molar-refractivity contribution in [2.75, 3.05) is 19.0 Å². The normalized spacial score (nSPS) is 18.1. The van der Waals surface area contributed by atoms with Gasteiger partial charge in [-0.1, -0.05) is 19.9 Å². The first-order valence-electron chi connectivity index (χ1n) is 11.3. The highest BCUT2D eigenvalue weighted by molar-refractivity contribution is 5.97. The summed E-state index contributed by atoms with van der Waals surface area (Å²) < 4.78 is 10.4. The molecule has 2 aromatic rings. The maximum atomic E-state index is 13.1. The molecule has 0 radical (unpaired) electrons. The van der Waals surface area contributed by atoms with E-state index >= 15 is 0 Å². The third-order valence-electron chi connectivity index (χ3n) is 5.63. The average molecular weight is 486 g/mol. The first kappa shape index (κ1) is 25.6. The second-order valence-corrected chi connectivity index (χ2v) is 8.81. The molecule has 1 aromatic heterocycles. The van der Waals surface area contributed by atoms with Crippen LogP contribution in [-0.2, 0) is 9.59 Å². The number of anilines is 1. The molecule has 1 fully saturated rings. The minimum Gasteiger partial charge on any atom is -0.497 e. The minimum absolute atomic E-state index is 0.0675. The number of nitrogens with two attached hydrogens (primary N) is 1. The summed E-state index contributed by atoms with van der Waals surface area (Å²) in [7, 11) is 1.53. The summed E-state index contributed by atoms with van der Waals surface area (Å²) in [5.74, 6) is -0.897. The quantitative estimate of drug-likeness (QED) is 0.424. The smallest absolute Gasteiger partial charge is 0.319 e. The van der Waals surface area contributed by atoms with E-state index < -0.39 is 41.9 Å².